The first-order valence-electron chi connectivity index (χ1n) is 5.43. The van der Waals surface area contributed by atoms with Crippen LogP contribution in [-0.4, -0.2) is 10.9 Å². The summed E-state index contributed by atoms with van der Waals surface area (Å²) in [6.45, 7) is 0. The van der Waals surface area contributed by atoms with Crippen LogP contribution in [-0.2, 0) is 7.05 Å². The second kappa shape index (κ2) is 3.99. The highest BCUT2D eigenvalue weighted by Crippen LogP contribution is 2.34. The van der Waals surface area contributed by atoms with Gasteiger partial charge in [-0.05, 0) is 30.4 Å². The van der Waals surface area contributed by atoms with E-state index in [0.717, 1.165) is 12.0 Å². The molecule has 0 radical (unpaired) electrons. The molecule has 0 spiro atoms. The number of hydrogen-bond acceptors (Lipinski definition) is 1. The number of rotatable bonds is 2. The first-order valence-corrected chi connectivity index (χ1v) is 5.43. The van der Waals surface area contributed by atoms with Crippen molar-refractivity contribution in [3.8, 4) is 0 Å². The van der Waals surface area contributed by atoms with Gasteiger partial charge in [-0.1, -0.05) is 19.3 Å². The van der Waals surface area contributed by atoms with Gasteiger partial charge in [0.2, 0.25) is 0 Å². The van der Waals surface area contributed by atoms with Crippen LogP contribution in [0.5, 0.6) is 0 Å². The van der Waals surface area contributed by atoms with Crippen molar-refractivity contribution in [2.45, 2.75) is 38.0 Å². The number of aryl methyl sites for hydroxylation is 1. The molecule has 0 amide bonds. The molecule has 1 aliphatic rings. The van der Waals surface area contributed by atoms with Gasteiger partial charge in [0, 0.05) is 13.2 Å². The Hall–Kier alpha value is -1.05. The summed E-state index contributed by atoms with van der Waals surface area (Å²) in [5.74, 6) is 0.630. The third kappa shape index (κ3) is 1.61. The average Bonchev–Trinajstić information content (AvgIpc) is 2.61. The van der Waals surface area contributed by atoms with E-state index in [2.05, 4.69) is 6.07 Å². The Morgan fingerprint density at radius 1 is 1.36 bits per heavy atom. The van der Waals surface area contributed by atoms with Crippen molar-refractivity contribution in [3.63, 3.8) is 0 Å². The second-order valence-corrected chi connectivity index (χ2v) is 4.22. The predicted molar refractivity (Wildman–Crippen MR) is 56.6 cm³/mol. The first-order chi connectivity index (χ1) is 6.83. The van der Waals surface area contributed by atoms with Crippen molar-refractivity contribution in [1.29, 1.82) is 0 Å². The number of carbonyl (C=O) groups is 1. The number of hydrogen-bond donors (Lipinski definition) is 0. The smallest absolute Gasteiger partial charge is 0.166 e. The van der Waals surface area contributed by atoms with Crippen molar-refractivity contribution in [3.05, 3.63) is 23.5 Å². The monoisotopic (exact) mass is 191 g/mol. The number of aldehydes is 1. The lowest BCUT2D eigenvalue weighted by Crippen LogP contribution is -2.07. The average molecular weight is 191 g/mol. The zero-order valence-corrected chi connectivity index (χ0v) is 8.70. The third-order valence-electron chi connectivity index (χ3n) is 3.31. The Bertz CT molecular complexity index is 321. The van der Waals surface area contributed by atoms with E-state index >= 15 is 0 Å². The molecule has 1 aromatic rings. The predicted octanol–water partition coefficient (Wildman–Crippen LogP) is 2.89. The summed E-state index contributed by atoms with van der Waals surface area (Å²) in [5.41, 5.74) is 2.14. The van der Waals surface area contributed by atoms with Gasteiger partial charge >= 0.3 is 0 Å². The first kappa shape index (κ1) is 9.50. The van der Waals surface area contributed by atoms with Crippen molar-refractivity contribution in [1.82, 2.24) is 4.57 Å². The highest BCUT2D eigenvalue weighted by Gasteiger charge is 2.19. The lowest BCUT2D eigenvalue weighted by Gasteiger charge is -2.21. The molecule has 0 aromatic carbocycles. The van der Waals surface area contributed by atoms with Gasteiger partial charge in [0.05, 0.1) is 5.69 Å². The SMILES string of the molecule is Cn1ccc(C2CCCCC2)c1C=O. The molecular formula is C12H17NO. The Kier molecular flexibility index (Phi) is 2.71. The van der Waals surface area contributed by atoms with Gasteiger partial charge in [0.15, 0.2) is 6.29 Å². The third-order valence-corrected chi connectivity index (χ3v) is 3.31. The zero-order valence-electron chi connectivity index (χ0n) is 8.70. The van der Waals surface area contributed by atoms with Crippen molar-refractivity contribution in [2.24, 2.45) is 7.05 Å². The Labute approximate surface area is 84.9 Å². The highest BCUT2D eigenvalue weighted by molar-refractivity contribution is 5.75. The van der Waals surface area contributed by atoms with E-state index in [1.807, 2.05) is 17.8 Å². The fourth-order valence-corrected chi connectivity index (χ4v) is 2.47. The van der Waals surface area contributed by atoms with Crippen molar-refractivity contribution >= 4 is 6.29 Å². The summed E-state index contributed by atoms with van der Waals surface area (Å²) >= 11 is 0. The molecule has 0 atom stereocenters. The zero-order chi connectivity index (χ0) is 9.97. The summed E-state index contributed by atoms with van der Waals surface area (Å²) < 4.78 is 1.93. The molecule has 1 aliphatic carbocycles. The standard InChI is InChI=1S/C12H17NO/c1-13-8-7-11(12(13)9-14)10-5-3-2-4-6-10/h7-10H,2-6H2,1H3. The lowest BCUT2D eigenvalue weighted by atomic mass is 9.84. The fourth-order valence-electron chi connectivity index (χ4n) is 2.47. The Morgan fingerprint density at radius 3 is 2.71 bits per heavy atom. The van der Waals surface area contributed by atoms with Gasteiger partial charge in [0.1, 0.15) is 0 Å². The number of aromatic nitrogens is 1. The second-order valence-electron chi connectivity index (χ2n) is 4.22. The van der Waals surface area contributed by atoms with Crippen molar-refractivity contribution in [2.75, 3.05) is 0 Å². The van der Waals surface area contributed by atoms with E-state index < -0.39 is 0 Å². The molecule has 1 heterocycles. The quantitative estimate of drug-likeness (QED) is 0.659. The van der Waals surface area contributed by atoms with Crippen molar-refractivity contribution < 1.29 is 4.79 Å². The maximum absolute atomic E-state index is 10.9. The van der Waals surface area contributed by atoms with Gasteiger partial charge < -0.3 is 4.57 Å². The van der Waals surface area contributed by atoms with E-state index in [1.165, 1.54) is 37.7 Å². The molecule has 1 saturated carbocycles. The summed E-state index contributed by atoms with van der Waals surface area (Å²) in [6, 6.07) is 2.11. The summed E-state index contributed by atoms with van der Waals surface area (Å²) in [6.07, 6.45) is 9.49. The molecule has 1 aromatic heterocycles. The van der Waals surface area contributed by atoms with Gasteiger partial charge in [-0.25, -0.2) is 0 Å². The van der Waals surface area contributed by atoms with Gasteiger partial charge in [-0.2, -0.15) is 0 Å². The van der Waals surface area contributed by atoms with Gasteiger partial charge in [-0.3, -0.25) is 4.79 Å². The minimum atomic E-state index is 0.630. The topological polar surface area (TPSA) is 22.0 Å². The van der Waals surface area contributed by atoms with Crippen LogP contribution in [0.4, 0.5) is 0 Å². The van der Waals surface area contributed by atoms with Gasteiger partial charge in [0.25, 0.3) is 0 Å². The normalized spacial score (nSPS) is 18.4. The minimum absolute atomic E-state index is 0.630. The Morgan fingerprint density at radius 2 is 2.07 bits per heavy atom. The number of carbonyl (C=O) groups excluding carboxylic acids is 1. The van der Waals surface area contributed by atoms with E-state index in [9.17, 15) is 4.79 Å². The molecule has 0 unspecified atom stereocenters. The molecule has 2 nitrogen and oxygen atoms in total. The summed E-state index contributed by atoms with van der Waals surface area (Å²) in [5, 5.41) is 0. The molecule has 2 rings (SSSR count). The van der Waals surface area contributed by atoms with Crippen LogP contribution in [0.3, 0.4) is 0 Å². The van der Waals surface area contributed by atoms with E-state index in [-0.39, 0.29) is 0 Å². The molecule has 1 fully saturated rings. The molecule has 0 bridgehead atoms. The van der Waals surface area contributed by atoms with Crippen LogP contribution in [0.2, 0.25) is 0 Å². The molecule has 0 N–H and O–H groups in total. The Balaban J connectivity index is 2.25. The highest BCUT2D eigenvalue weighted by atomic mass is 16.1. The molecule has 0 saturated heterocycles. The van der Waals surface area contributed by atoms with Crippen LogP contribution in [0.25, 0.3) is 0 Å². The molecule has 14 heavy (non-hydrogen) atoms. The van der Waals surface area contributed by atoms with E-state index in [0.29, 0.717) is 5.92 Å². The maximum Gasteiger partial charge on any atom is 0.166 e. The van der Waals surface area contributed by atoms with Crippen LogP contribution >= 0.6 is 0 Å². The van der Waals surface area contributed by atoms with E-state index in [1.54, 1.807) is 0 Å². The summed E-state index contributed by atoms with van der Waals surface area (Å²) in [7, 11) is 1.94. The fraction of sp³-hybridized carbons (Fsp3) is 0.583. The minimum Gasteiger partial charge on any atom is -0.348 e. The van der Waals surface area contributed by atoms with Gasteiger partial charge in [-0.15, -0.1) is 0 Å². The molecule has 0 aliphatic heterocycles. The maximum atomic E-state index is 10.9. The van der Waals surface area contributed by atoms with Crippen LogP contribution in [0.15, 0.2) is 12.3 Å². The number of nitrogens with zero attached hydrogens (tertiary/aromatic N) is 1. The molecule has 2 heteroatoms. The van der Waals surface area contributed by atoms with Crippen LogP contribution < -0.4 is 0 Å². The van der Waals surface area contributed by atoms with Crippen LogP contribution in [0.1, 0.15) is 54.1 Å². The largest absolute Gasteiger partial charge is 0.348 e. The lowest BCUT2D eigenvalue weighted by molar-refractivity contribution is 0.111. The molecule has 76 valence electrons. The van der Waals surface area contributed by atoms with Crippen LogP contribution in [0, 0.1) is 0 Å². The van der Waals surface area contributed by atoms with E-state index in [4.69, 9.17) is 0 Å². The molecular weight excluding hydrogens is 174 g/mol. The summed E-state index contributed by atoms with van der Waals surface area (Å²) in [4.78, 5) is 10.9.